The van der Waals surface area contributed by atoms with Crippen LogP contribution in [-0.4, -0.2) is 36.3 Å². The van der Waals surface area contributed by atoms with Gasteiger partial charge >= 0.3 is 0 Å². The molecule has 0 spiro atoms. The van der Waals surface area contributed by atoms with Crippen LogP contribution in [0.4, 0.5) is 10.1 Å². The van der Waals surface area contributed by atoms with Crippen molar-refractivity contribution in [3.8, 4) is 34.4 Å². The number of methoxy groups -OCH3 is 2. The number of pyridine rings is 2. The quantitative estimate of drug-likeness (QED) is 0.283. The van der Waals surface area contributed by atoms with Crippen molar-refractivity contribution in [3.63, 3.8) is 0 Å². The van der Waals surface area contributed by atoms with Gasteiger partial charge in [-0.05, 0) is 36.4 Å². The highest BCUT2D eigenvalue weighted by Gasteiger charge is 2.27. The molecule has 2 aromatic heterocycles. The van der Waals surface area contributed by atoms with Gasteiger partial charge in [-0.15, -0.1) is 0 Å². The predicted molar refractivity (Wildman–Crippen MR) is 151 cm³/mol. The van der Waals surface area contributed by atoms with Gasteiger partial charge in [-0.3, -0.25) is 19.1 Å². The second-order valence-electron chi connectivity index (χ2n) is 9.20. The van der Waals surface area contributed by atoms with Crippen LogP contribution in [0, 0.1) is 5.82 Å². The fraction of sp³-hybridized carbons (Fsp3) is 0.129. The van der Waals surface area contributed by atoms with E-state index in [0.717, 1.165) is 11.6 Å². The zero-order valence-electron chi connectivity index (χ0n) is 22.1. The molecule has 10 heteroatoms. The van der Waals surface area contributed by atoms with E-state index in [1.165, 1.54) is 30.9 Å². The number of halogens is 1. The number of benzene rings is 3. The molecule has 1 amide bonds. The number of para-hydroxylation sites is 1. The minimum atomic E-state index is -0.718. The molecular weight excluding hydrogens is 529 g/mol. The maximum absolute atomic E-state index is 15.2. The number of hydrogen-bond acceptors (Lipinski definition) is 7. The van der Waals surface area contributed by atoms with Gasteiger partial charge in [0.1, 0.15) is 17.1 Å². The molecule has 206 valence electrons. The van der Waals surface area contributed by atoms with Crippen LogP contribution in [-0.2, 0) is 6.42 Å². The first-order valence-corrected chi connectivity index (χ1v) is 12.7. The van der Waals surface area contributed by atoms with Crippen LogP contribution in [0.1, 0.15) is 15.9 Å². The molecule has 1 N–H and O–H groups in total. The number of nitrogens with zero attached hydrogens (tertiary/aromatic N) is 2. The third-order valence-electron chi connectivity index (χ3n) is 6.73. The standard InChI is InChI=1S/C31H24FN3O6/c1-38-26-15-21-23(16-27(26)39-2)33-12-10-24(21)41-25-9-8-19(14-22(25)32)34-30(36)28-29-18(11-13-40-29)17-35(31(28)37)20-6-4-3-5-7-20/h3-10,12,14-17H,11,13H2,1-2H3,(H,34,36). The molecule has 5 aromatic rings. The Hall–Kier alpha value is -5.38. The lowest BCUT2D eigenvalue weighted by Crippen LogP contribution is -2.29. The van der Waals surface area contributed by atoms with Crippen LogP contribution < -0.4 is 29.8 Å². The molecule has 9 nitrogen and oxygen atoms in total. The molecule has 0 saturated heterocycles. The molecule has 1 aliphatic heterocycles. The van der Waals surface area contributed by atoms with E-state index in [1.807, 2.05) is 6.07 Å². The SMILES string of the molecule is COc1cc2nccc(Oc3ccc(NC(=O)c4c5c(cn(-c6ccccc6)c4=O)CCO5)cc3F)c2cc1OC. The zero-order chi connectivity index (χ0) is 28.5. The topological polar surface area (TPSA) is 101 Å². The molecule has 6 rings (SSSR count). The molecule has 0 bridgehead atoms. The van der Waals surface area contributed by atoms with E-state index in [0.29, 0.717) is 46.9 Å². The van der Waals surface area contributed by atoms with Crippen LogP contribution in [0.25, 0.3) is 16.6 Å². The summed E-state index contributed by atoms with van der Waals surface area (Å²) in [7, 11) is 3.04. The molecule has 0 saturated carbocycles. The maximum Gasteiger partial charge on any atom is 0.271 e. The zero-order valence-corrected chi connectivity index (χ0v) is 22.1. The van der Waals surface area contributed by atoms with Crippen molar-refractivity contribution in [3.05, 3.63) is 106 Å². The number of ether oxygens (including phenoxy) is 4. The van der Waals surface area contributed by atoms with Crippen molar-refractivity contribution >= 4 is 22.5 Å². The van der Waals surface area contributed by atoms with Gasteiger partial charge in [-0.1, -0.05) is 18.2 Å². The summed E-state index contributed by atoms with van der Waals surface area (Å²) in [5, 5.41) is 3.22. The summed E-state index contributed by atoms with van der Waals surface area (Å²) in [5.74, 6) is 0.0830. The van der Waals surface area contributed by atoms with Crippen molar-refractivity contribution in [2.45, 2.75) is 6.42 Å². The monoisotopic (exact) mass is 553 g/mol. The average molecular weight is 554 g/mol. The molecule has 0 atom stereocenters. The summed E-state index contributed by atoms with van der Waals surface area (Å²) in [6.45, 7) is 0.358. The van der Waals surface area contributed by atoms with Gasteiger partial charge < -0.3 is 24.3 Å². The van der Waals surface area contributed by atoms with Crippen molar-refractivity contribution in [2.24, 2.45) is 0 Å². The number of rotatable bonds is 7. The Kier molecular flexibility index (Phi) is 6.72. The number of nitrogens with one attached hydrogen (secondary N) is 1. The number of hydrogen-bond donors (Lipinski definition) is 1. The van der Waals surface area contributed by atoms with Gasteiger partial charge in [0.15, 0.2) is 23.1 Å². The van der Waals surface area contributed by atoms with Crippen molar-refractivity contribution in [1.82, 2.24) is 9.55 Å². The largest absolute Gasteiger partial charge is 0.493 e. The van der Waals surface area contributed by atoms with Crippen LogP contribution >= 0.6 is 0 Å². The van der Waals surface area contributed by atoms with Gasteiger partial charge in [0.2, 0.25) is 0 Å². The highest BCUT2D eigenvalue weighted by atomic mass is 19.1. The van der Waals surface area contributed by atoms with Gasteiger partial charge in [0.05, 0.1) is 26.3 Å². The summed E-state index contributed by atoms with van der Waals surface area (Å²) in [5.41, 5.74) is 1.40. The Bertz CT molecular complexity index is 1860. The Morgan fingerprint density at radius 1 is 0.976 bits per heavy atom. The van der Waals surface area contributed by atoms with Crippen molar-refractivity contribution in [1.29, 1.82) is 0 Å². The van der Waals surface area contributed by atoms with Gasteiger partial charge in [-0.2, -0.15) is 0 Å². The van der Waals surface area contributed by atoms with E-state index >= 15 is 4.39 Å². The third-order valence-corrected chi connectivity index (χ3v) is 6.73. The molecule has 1 aliphatic rings. The van der Waals surface area contributed by atoms with E-state index in [9.17, 15) is 9.59 Å². The lowest BCUT2D eigenvalue weighted by molar-refractivity contribution is 0.102. The van der Waals surface area contributed by atoms with Gasteiger partial charge in [0.25, 0.3) is 11.5 Å². The maximum atomic E-state index is 15.2. The molecule has 41 heavy (non-hydrogen) atoms. The van der Waals surface area contributed by atoms with Crippen LogP contribution in [0.3, 0.4) is 0 Å². The first-order chi connectivity index (χ1) is 20.0. The van der Waals surface area contributed by atoms with Crippen LogP contribution in [0.2, 0.25) is 0 Å². The van der Waals surface area contributed by atoms with Crippen molar-refractivity contribution < 1.29 is 28.1 Å². The minimum Gasteiger partial charge on any atom is -0.493 e. The van der Waals surface area contributed by atoms with E-state index in [2.05, 4.69) is 10.3 Å². The van der Waals surface area contributed by atoms with Crippen molar-refractivity contribution in [2.75, 3.05) is 26.1 Å². The molecule has 0 aliphatic carbocycles. The first kappa shape index (κ1) is 25.9. The van der Waals surface area contributed by atoms with E-state index in [1.54, 1.807) is 54.9 Å². The van der Waals surface area contributed by atoms with Gasteiger partial charge in [-0.25, -0.2) is 4.39 Å². The summed E-state index contributed by atoms with van der Waals surface area (Å²) in [4.78, 5) is 31.1. The van der Waals surface area contributed by atoms with E-state index in [-0.39, 0.29) is 22.7 Å². The first-order valence-electron chi connectivity index (χ1n) is 12.7. The molecule has 3 aromatic carbocycles. The van der Waals surface area contributed by atoms with Crippen LogP contribution in [0.15, 0.2) is 83.9 Å². The lowest BCUT2D eigenvalue weighted by atomic mass is 10.1. The summed E-state index contributed by atoms with van der Waals surface area (Å²) in [6, 6.07) is 18.0. The fourth-order valence-corrected chi connectivity index (χ4v) is 4.75. The predicted octanol–water partition coefficient (Wildman–Crippen LogP) is 5.52. The average Bonchev–Trinajstić information content (AvgIpc) is 3.46. The van der Waals surface area contributed by atoms with E-state index < -0.39 is 17.3 Å². The Labute approximate surface area is 233 Å². The highest BCUT2D eigenvalue weighted by Crippen LogP contribution is 2.37. The number of anilines is 1. The smallest absolute Gasteiger partial charge is 0.271 e. The number of carbonyl (C=O) groups excluding carboxylic acids is 1. The molecule has 0 unspecified atom stereocenters. The van der Waals surface area contributed by atoms with E-state index in [4.69, 9.17) is 18.9 Å². The Balaban J connectivity index is 1.29. The summed E-state index contributed by atoms with van der Waals surface area (Å²) < 4.78 is 38.9. The Morgan fingerprint density at radius 2 is 1.76 bits per heavy atom. The number of amides is 1. The number of carbonyl (C=O) groups is 1. The minimum absolute atomic E-state index is 0.0688. The normalized spacial score (nSPS) is 12.0. The fourth-order valence-electron chi connectivity index (χ4n) is 4.75. The summed E-state index contributed by atoms with van der Waals surface area (Å²) >= 11 is 0. The van der Waals surface area contributed by atoms with Crippen LogP contribution in [0.5, 0.6) is 28.7 Å². The highest BCUT2D eigenvalue weighted by molar-refractivity contribution is 6.06. The van der Waals surface area contributed by atoms with Gasteiger partial charge in [0, 0.05) is 53.3 Å². The lowest BCUT2D eigenvalue weighted by Gasteiger charge is -2.14. The second-order valence-corrected chi connectivity index (χ2v) is 9.20. The molecular formula is C31H24FN3O6. The molecule has 3 heterocycles. The Morgan fingerprint density at radius 3 is 2.51 bits per heavy atom. The molecule has 0 radical (unpaired) electrons. The number of aromatic nitrogens is 2. The number of fused-ring (bicyclic) bond motifs is 2. The second kappa shape index (κ2) is 10.6. The summed E-state index contributed by atoms with van der Waals surface area (Å²) in [6.07, 6.45) is 3.79. The molecule has 0 fully saturated rings. The third kappa shape index (κ3) is 4.80.